The highest BCUT2D eigenvalue weighted by atomic mass is 35.5. The molecule has 1 heterocycles. The summed E-state index contributed by atoms with van der Waals surface area (Å²) >= 11 is 5.67. The van der Waals surface area contributed by atoms with Crippen molar-refractivity contribution < 1.29 is 12.8 Å². The largest absolute Gasteiger partial charge is 0.244 e. The highest BCUT2D eigenvalue weighted by molar-refractivity contribution is 7.89. The molecule has 1 unspecified atom stereocenters. The number of rotatable bonds is 4. The molecule has 0 saturated carbocycles. The van der Waals surface area contributed by atoms with E-state index < -0.39 is 21.9 Å². The molecule has 106 valence electrons. The fourth-order valence-corrected chi connectivity index (χ4v) is 3.18. The van der Waals surface area contributed by atoms with Gasteiger partial charge in [0.15, 0.2) is 0 Å². The Labute approximate surface area is 121 Å². The van der Waals surface area contributed by atoms with Crippen LogP contribution in [0.25, 0.3) is 0 Å². The van der Waals surface area contributed by atoms with Gasteiger partial charge in [0.25, 0.3) is 0 Å². The summed E-state index contributed by atoms with van der Waals surface area (Å²) < 4.78 is 39.9. The van der Waals surface area contributed by atoms with E-state index in [1.807, 2.05) is 0 Å². The minimum atomic E-state index is -3.74. The Morgan fingerprint density at radius 2 is 2.05 bits per heavy atom. The van der Waals surface area contributed by atoms with Crippen molar-refractivity contribution >= 4 is 21.6 Å². The normalized spacial score (nSPS) is 13.2. The van der Waals surface area contributed by atoms with Crippen LogP contribution in [0.2, 0.25) is 5.15 Å². The average molecular weight is 315 g/mol. The maximum absolute atomic E-state index is 13.1. The number of hydrogen-bond donors (Lipinski definition) is 1. The highest BCUT2D eigenvalue weighted by Crippen LogP contribution is 2.18. The molecule has 0 aliphatic rings. The number of sulfonamides is 1. The topological polar surface area (TPSA) is 59.1 Å². The first-order valence-corrected chi connectivity index (χ1v) is 7.64. The lowest BCUT2D eigenvalue weighted by Gasteiger charge is -2.14. The molecule has 4 nitrogen and oxygen atoms in total. The first-order chi connectivity index (χ1) is 9.38. The molecule has 1 aromatic carbocycles. The summed E-state index contributed by atoms with van der Waals surface area (Å²) in [5, 5.41) is 0.0892. The molecule has 0 saturated heterocycles. The molecule has 2 aromatic rings. The fraction of sp³-hybridized carbons (Fsp3) is 0.154. The van der Waals surface area contributed by atoms with Crippen LogP contribution in [0.15, 0.2) is 47.5 Å². The summed E-state index contributed by atoms with van der Waals surface area (Å²) in [6.45, 7) is 1.63. The van der Waals surface area contributed by atoms with Gasteiger partial charge >= 0.3 is 0 Å². The van der Waals surface area contributed by atoms with Gasteiger partial charge in [-0.05, 0) is 36.8 Å². The van der Waals surface area contributed by atoms with Crippen molar-refractivity contribution in [3.05, 3.63) is 59.1 Å². The third-order valence-corrected chi connectivity index (χ3v) is 4.43. The van der Waals surface area contributed by atoms with Gasteiger partial charge in [-0.2, -0.15) is 0 Å². The van der Waals surface area contributed by atoms with Gasteiger partial charge in [0, 0.05) is 12.2 Å². The monoisotopic (exact) mass is 314 g/mol. The quantitative estimate of drug-likeness (QED) is 0.883. The van der Waals surface area contributed by atoms with E-state index in [0.717, 1.165) is 0 Å². The number of nitrogens with one attached hydrogen (secondary N) is 1. The standard InChI is InChI=1S/C13H12ClFN2O2S/c1-9(10-3-2-4-11(15)7-10)17-20(18,19)12-5-6-16-13(14)8-12/h2-9,17H,1H3. The van der Waals surface area contributed by atoms with E-state index >= 15 is 0 Å². The third-order valence-electron chi connectivity index (χ3n) is 2.69. The molecule has 2 rings (SSSR count). The SMILES string of the molecule is CC(NS(=O)(=O)c1ccnc(Cl)c1)c1cccc(F)c1. The molecule has 0 radical (unpaired) electrons. The van der Waals surface area contributed by atoms with Crippen molar-refractivity contribution in [2.24, 2.45) is 0 Å². The molecule has 0 bridgehead atoms. The van der Waals surface area contributed by atoms with Gasteiger partial charge < -0.3 is 0 Å². The van der Waals surface area contributed by atoms with E-state index in [9.17, 15) is 12.8 Å². The van der Waals surface area contributed by atoms with Gasteiger partial charge in [0.2, 0.25) is 10.0 Å². The maximum Gasteiger partial charge on any atom is 0.241 e. The van der Waals surface area contributed by atoms with Crippen LogP contribution in [0.3, 0.4) is 0 Å². The second-order valence-electron chi connectivity index (χ2n) is 4.21. The van der Waals surface area contributed by atoms with Crippen molar-refractivity contribution in [1.82, 2.24) is 9.71 Å². The number of pyridine rings is 1. The smallest absolute Gasteiger partial charge is 0.241 e. The molecular weight excluding hydrogens is 303 g/mol. The third kappa shape index (κ3) is 3.53. The molecule has 0 amide bonds. The van der Waals surface area contributed by atoms with Crippen LogP contribution in [0.1, 0.15) is 18.5 Å². The molecular formula is C13H12ClFN2O2S. The molecule has 0 spiro atoms. The fourth-order valence-electron chi connectivity index (χ4n) is 1.70. The number of nitrogens with zero attached hydrogens (tertiary/aromatic N) is 1. The van der Waals surface area contributed by atoms with Gasteiger partial charge in [0.05, 0.1) is 4.90 Å². The van der Waals surface area contributed by atoms with Crippen LogP contribution in [-0.4, -0.2) is 13.4 Å². The first-order valence-electron chi connectivity index (χ1n) is 5.78. The van der Waals surface area contributed by atoms with E-state index in [4.69, 9.17) is 11.6 Å². The van der Waals surface area contributed by atoms with Crippen LogP contribution in [0.4, 0.5) is 4.39 Å². The predicted octanol–water partition coefficient (Wildman–Crippen LogP) is 2.91. The van der Waals surface area contributed by atoms with Gasteiger partial charge in [0.1, 0.15) is 11.0 Å². The van der Waals surface area contributed by atoms with E-state index in [2.05, 4.69) is 9.71 Å². The zero-order valence-electron chi connectivity index (χ0n) is 10.5. The Bertz CT molecular complexity index is 722. The molecule has 1 atom stereocenters. The Morgan fingerprint density at radius 1 is 1.30 bits per heavy atom. The Kier molecular flexibility index (Phi) is 4.37. The lowest BCUT2D eigenvalue weighted by Crippen LogP contribution is -2.27. The molecule has 0 aliphatic heterocycles. The Balaban J connectivity index is 2.24. The summed E-state index contributed by atoms with van der Waals surface area (Å²) in [6, 6.07) is 7.78. The Morgan fingerprint density at radius 3 is 2.70 bits per heavy atom. The summed E-state index contributed by atoms with van der Waals surface area (Å²) in [6.07, 6.45) is 1.31. The molecule has 1 N–H and O–H groups in total. The van der Waals surface area contributed by atoms with Crippen molar-refractivity contribution in [1.29, 1.82) is 0 Å². The Hall–Kier alpha value is -1.50. The van der Waals surface area contributed by atoms with Crippen LogP contribution in [0, 0.1) is 5.82 Å². The lowest BCUT2D eigenvalue weighted by molar-refractivity contribution is 0.564. The molecule has 1 aromatic heterocycles. The van der Waals surface area contributed by atoms with E-state index in [0.29, 0.717) is 5.56 Å². The molecule has 0 fully saturated rings. The zero-order valence-corrected chi connectivity index (χ0v) is 12.1. The average Bonchev–Trinajstić information content (AvgIpc) is 2.38. The summed E-state index contributed by atoms with van der Waals surface area (Å²) in [4.78, 5) is 3.74. The van der Waals surface area contributed by atoms with Crippen LogP contribution >= 0.6 is 11.6 Å². The number of hydrogen-bond acceptors (Lipinski definition) is 3. The van der Waals surface area contributed by atoms with Crippen LogP contribution in [0.5, 0.6) is 0 Å². The predicted molar refractivity (Wildman–Crippen MR) is 74.4 cm³/mol. The van der Waals surface area contributed by atoms with Crippen LogP contribution < -0.4 is 4.72 Å². The van der Waals surface area contributed by atoms with Crippen molar-refractivity contribution in [3.63, 3.8) is 0 Å². The van der Waals surface area contributed by atoms with Gasteiger partial charge in [-0.15, -0.1) is 0 Å². The van der Waals surface area contributed by atoms with Gasteiger partial charge in [-0.3, -0.25) is 0 Å². The van der Waals surface area contributed by atoms with E-state index in [1.165, 1.54) is 36.5 Å². The second kappa shape index (κ2) is 5.87. The zero-order chi connectivity index (χ0) is 14.8. The molecule has 0 aliphatic carbocycles. The minimum Gasteiger partial charge on any atom is -0.244 e. The molecule has 20 heavy (non-hydrogen) atoms. The van der Waals surface area contributed by atoms with E-state index in [-0.39, 0.29) is 10.0 Å². The van der Waals surface area contributed by atoms with Gasteiger partial charge in [-0.1, -0.05) is 23.7 Å². The van der Waals surface area contributed by atoms with Gasteiger partial charge in [-0.25, -0.2) is 22.5 Å². The number of benzene rings is 1. The number of aromatic nitrogens is 1. The second-order valence-corrected chi connectivity index (χ2v) is 6.31. The summed E-state index contributed by atoms with van der Waals surface area (Å²) in [5.74, 6) is -0.416. The van der Waals surface area contributed by atoms with E-state index in [1.54, 1.807) is 13.0 Å². The van der Waals surface area contributed by atoms with Crippen molar-refractivity contribution in [3.8, 4) is 0 Å². The maximum atomic E-state index is 13.1. The molecule has 7 heteroatoms. The minimum absolute atomic E-state index is 0.0146. The first kappa shape index (κ1) is 14.9. The summed E-state index contributed by atoms with van der Waals surface area (Å²) in [7, 11) is -3.74. The highest BCUT2D eigenvalue weighted by Gasteiger charge is 2.19. The van der Waals surface area contributed by atoms with Crippen molar-refractivity contribution in [2.45, 2.75) is 17.9 Å². The van der Waals surface area contributed by atoms with Crippen molar-refractivity contribution in [2.75, 3.05) is 0 Å². The lowest BCUT2D eigenvalue weighted by atomic mass is 10.1. The number of halogens is 2. The summed E-state index contributed by atoms with van der Waals surface area (Å²) in [5.41, 5.74) is 0.536. The van der Waals surface area contributed by atoms with Crippen LogP contribution in [-0.2, 0) is 10.0 Å².